The molecule has 0 aromatic carbocycles. The van der Waals surface area contributed by atoms with E-state index in [-0.39, 0.29) is 0 Å². The van der Waals surface area contributed by atoms with Gasteiger partial charge in [0.2, 0.25) is 0 Å². The van der Waals surface area contributed by atoms with Crippen molar-refractivity contribution in [2.75, 3.05) is 19.6 Å². The molecule has 16 heavy (non-hydrogen) atoms. The minimum atomic E-state index is 0.836. The number of hydrogen-bond acceptors (Lipinski definition) is 3. The van der Waals surface area contributed by atoms with Crippen LogP contribution >= 0.6 is 0 Å². The van der Waals surface area contributed by atoms with Crippen molar-refractivity contribution in [3.8, 4) is 0 Å². The van der Waals surface area contributed by atoms with Gasteiger partial charge in [-0.3, -0.25) is 4.90 Å². The number of furan rings is 1. The maximum absolute atomic E-state index is 5.50. The molecule has 0 spiro atoms. The molecule has 1 aromatic rings. The van der Waals surface area contributed by atoms with Crippen molar-refractivity contribution in [2.45, 2.75) is 40.3 Å². The molecule has 92 valence electrons. The van der Waals surface area contributed by atoms with Crippen LogP contribution in [-0.2, 0) is 13.1 Å². The van der Waals surface area contributed by atoms with Crippen molar-refractivity contribution >= 4 is 0 Å². The molecule has 0 radical (unpaired) electrons. The van der Waals surface area contributed by atoms with Gasteiger partial charge in [-0.25, -0.2) is 0 Å². The first-order valence-corrected chi connectivity index (χ1v) is 6.30. The summed E-state index contributed by atoms with van der Waals surface area (Å²) in [5, 5.41) is 3.30. The molecule has 1 heterocycles. The molecule has 0 saturated carbocycles. The second-order valence-electron chi connectivity index (χ2n) is 4.02. The highest BCUT2D eigenvalue weighted by molar-refractivity contribution is 5.16. The summed E-state index contributed by atoms with van der Waals surface area (Å²) in [5.74, 6) is 1.08. The molecule has 0 aliphatic heterocycles. The van der Waals surface area contributed by atoms with Gasteiger partial charge in [-0.2, -0.15) is 0 Å². The predicted molar refractivity (Wildman–Crippen MR) is 67.3 cm³/mol. The molecule has 0 bridgehead atoms. The van der Waals surface area contributed by atoms with Crippen molar-refractivity contribution in [1.82, 2.24) is 10.2 Å². The van der Waals surface area contributed by atoms with E-state index in [9.17, 15) is 0 Å². The Balaban J connectivity index is 2.54. The molecule has 0 fully saturated rings. The van der Waals surface area contributed by atoms with E-state index in [1.165, 1.54) is 12.0 Å². The third kappa shape index (κ3) is 3.99. The summed E-state index contributed by atoms with van der Waals surface area (Å²) >= 11 is 0. The molecule has 0 atom stereocenters. The smallest absolute Gasteiger partial charge is 0.122 e. The van der Waals surface area contributed by atoms with Crippen molar-refractivity contribution in [2.24, 2.45) is 0 Å². The standard InChI is InChI=1S/C13H24N2O/c1-4-8-15(6-3)11-12-7-9-16-13(12)10-14-5-2/h7,9,14H,4-6,8,10-11H2,1-3H3. The summed E-state index contributed by atoms with van der Waals surface area (Å²) in [6.07, 6.45) is 3.00. The average molecular weight is 224 g/mol. The van der Waals surface area contributed by atoms with Crippen LogP contribution in [-0.4, -0.2) is 24.5 Å². The van der Waals surface area contributed by atoms with E-state index in [4.69, 9.17) is 4.42 Å². The maximum atomic E-state index is 5.50. The molecule has 3 nitrogen and oxygen atoms in total. The zero-order chi connectivity index (χ0) is 11.8. The van der Waals surface area contributed by atoms with Crippen LogP contribution in [0.3, 0.4) is 0 Å². The van der Waals surface area contributed by atoms with Crippen molar-refractivity contribution in [3.05, 3.63) is 23.7 Å². The molecule has 0 aliphatic rings. The minimum absolute atomic E-state index is 0.836. The van der Waals surface area contributed by atoms with E-state index in [0.717, 1.165) is 38.5 Å². The molecule has 1 rings (SSSR count). The number of rotatable bonds is 8. The molecule has 3 heteroatoms. The van der Waals surface area contributed by atoms with Crippen LogP contribution in [0, 0.1) is 0 Å². The summed E-state index contributed by atoms with van der Waals surface area (Å²) in [5.41, 5.74) is 1.32. The van der Waals surface area contributed by atoms with Crippen LogP contribution < -0.4 is 5.32 Å². The molecule has 1 N–H and O–H groups in total. The number of nitrogens with one attached hydrogen (secondary N) is 1. The minimum Gasteiger partial charge on any atom is -0.468 e. The normalized spacial score (nSPS) is 11.2. The first-order valence-electron chi connectivity index (χ1n) is 6.30. The molecule has 0 saturated heterocycles. The van der Waals surface area contributed by atoms with Gasteiger partial charge >= 0.3 is 0 Å². The highest BCUT2D eigenvalue weighted by Crippen LogP contribution is 2.13. The molecule has 0 aliphatic carbocycles. The Kier molecular flexibility index (Phi) is 6.19. The van der Waals surface area contributed by atoms with Crippen LogP contribution in [0.5, 0.6) is 0 Å². The Morgan fingerprint density at radius 1 is 1.31 bits per heavy atom. The first-order chi connectivity index (χ1) is 7.81. The zero-order valence-electron chi connectivity index (χ0n) is 10.8. The van der Waals surface area contributed by atoms with Gasteiger partial charge in [0.25, 0.3) is 0 Å². The van der Waals surface area contributed by atoms with E-state index in [0.29, 0.717) is 0 Å². The van der Waals surface area contributed by atoms with E-state index >= 15 is 0 Å². The van der Waals surface area contributed by atoms with Gasteiger partial charge in [-0.1, -0.05) is 20.8 Å². The fourth-order valence-electron chi connectivity index (χ4n) is 1.81. The highest BCUT2D eigenvalue weighted by atomic mass is 16.3. The fraction of sp³-hybridized carbons (Fsp3) is 0.692. The Bertz CT molecular complexity index is 283. The lowest BCUT2D eigenvalue weighted by atomic mass is 10.2. The van der Waals surface area contributed by atoms with Gasteiger partial charge in [0.05, 0.1) is 12.8 Å². The highest BCUT2D eigenvalue weighted by Gasteiger charge is 2.09. The molecular weight excluding hydrogens is 200 g/mol. The first kappa shape index (κ1) is 13.3. The van der Waals surface area contributed by atoms with Crippen molar-refractivity contribution in [3.63, 3.8) is 0 Å². The largest absolute Gasteiger partial charge is 0.468 e. The summed E-state index contributed by atoms with van der Waals surface area (Å²) in [6, 6.07) is 2.09. The SMILES string of the molecule is CCCN(CC)Cc1ccoc1CNCC. The van der Waals surface area contributed by atoms with Crippen LogP contribution in [0.15, 0.2) is 16.7 Å². The molecule has 1 aromatic heterocycles. The fourth-order valence-corrected chi connectivity index (χ4v) is 1.81. The summed E-state index contributed by atoms with van der Waals surface area (Å²) < 4.78 is 5.50. The van der Waals surface area contributed by atoms with Crippen molar-refractivity contribution in [1.29, 1.82) is 0 Å². The Morgan fingerprint density at radius 3 is 2.75 bits per heavy atom. The second kappa shape index (κ2) is 7.47. The summed E-state index contributed by atoms with van der Waals surface area (Å²) in [4.78, 5) is 2.44. The average Bonchev–Trinajstić information content (AvgIpc) is 2.73. The zero-order valence-corrected chi connectivity index (χ0v) is 10.8. The van der Waals surface area contributed by atoms with Crippen LogP contribution in [0.4, 0.5) is 0 Å². The maximum Gasteiger partial charge on any atom is 0.122 e. The Hall–Kier alpha value is -0.800. The van der Waals surface area contributed by atoms with Gasteiger partial charge in [0.1, 0.15) is 5.76 Å². The van der Waals surface area contributed by atoms with Crippen LogP contribution in [0.2, 0.25) is 0 Å². The molecule has 0 amide bonds. The van der Waals surface area contributed by atoms with Crippen molar-refractivity contribution < 1.29 is 4.42 Å². The van der Waals surface area contributed by atoms with Gasteiger partial charge in [-0.05, 0) is 32.1 Å². The monoisotopic (exact) mass is 224 g/mol. The van der Waals surface area contributed by atoms with Crippen LogP contribution in [0.1, 0.15) is 38.5 Å². The van der Waals surface area contributed by atoms with Gasteiger partial charge < -0.3 is 9.73 Å². The molecule has 0 unspecified atom stereocenters. The van der Waals surface area contributed by atoms with E-state index < -0.39 is 0 Å². The number of nitrogens with zero attached hydrogens (tertiary/aromatic N) is 1. The van der Waals surface area contributed by atoms with E-state index in [1.54, 1.807) is 6.26 Å². The molecular formula is C13H24N2O. The van der Waals surface area contributed by atoms with E-state index in [1.807, 2.05) is 0 Å². The second-order valence-corrected chi connectivity index (χ2v) is 4.02. The summed E-state index contributed by atoms with van der Waals surface area (Å²) in [6.45, 7) is 11.6. The van der Waals surface area contributed by atoms with E-state index in [2.05, 4.69) is 37.1 Å². The third-order valence-electron chi connectivity index (χ3n) is 2.75. The Morgan fingerprint density at radius 2 is 2.12 bits per heavy atom. The topological polar surface area (TPSA) is 28.4 Å². The lowest BCUT2D eigenvalue weighted by Crippen LogP contribution is -2.24. The van der Waals surface area contributed by atoms with Crippen LogP contribution in [0.25, 0.3) is 0 Å². The van der Waals surface area contributed by atoms with Gasteiger partial charge in [0, 0.05) is 12.1 Å². The lowest BCUT2D eigenvalue weighted by Gasteiger charge is -2.19. The number of hydrogen-bond donors (Lipinski definition) is 1. The predicted octanol–water partition coefficient (Wildman–Crippen LogP) is 2.62. The van der Waals surface area contributed by atoms with Gasteiger partial charge in [0.15, 0.2) is 0 Å². The Labute approximate surface area is 98.8 Å². The third-order valence-corrected chi connectivity index (χ3v) is 2.75. The van der Waals surface area contributed by atoms with Gasteiger partial charge in [-0.15, -0.1) is 0 Å². The quantitative estimate of drug-likeness (QED) is 0.736. The summed E-state index contributed by atoms with van der Waals surface area (Å²) in [7, 11) is 0. The lowest BCUT2D eigenvalue weighted by molar-refractivity contribution is 0.277.